The molecule has 8 nitrogen and oxygen atoms in total. The first kappa shape index (κ1) is 16.4. The Morgan fingerprint density at radius 3 is 2.52 bits per heavy atom. The molecule has 2 fully saturated rings. The number of piperidine rings is 1. The molecule has 128 valence electrons. The van der Waals surface area contributed by atoms with Crippen molar-refractivity contribution in [3.8, 4) is 0 Å². The summed E-state index contributed by atoms with van der Waals surface area (Å²) in [5.74, 6) is 0.337. The van der Waals surface area contributed by atoms with E-state index in [1.165, 1.54) is 6.92 Å². The van der Waals surface area contributed by atoms with E-state index in [0.29, 0.717) is 24.8 Å². The number of hydrogen-bond acceptors (Lipinski definition) is 6. The van der Waals surface area contributed by atoms with Gasteiger partial charge in [-0.2, -0.15) is 0 Å². The van der Waals surface area contributed by atoms with E-state index in [0.717, 1.165) is 25.7 Å². The Morgan fingerprint density at radius 1 is 1.26 bits per heavy atom. The monoisotopic (exact) mass is 341 g/mol. The van der Waals surface area contributed by atoms with E-state index in [4.69, 9.17) is 0 Å². The van der Waals surface area contributed by atoms with E-state index >= 15 is 0 Å². The maximum atomic E-state index is 12.6. The van der Waals surface area contributed by atoms with E-state index in [-0.39, 0.29) is 17.7 Å². The Balaban J connectivity index is 1.68. The zero-order valence-corrected chi connectivity index (χ0v) is 14.4. The van der Waals surface area contributed by atoms with Crippen molar-refractivity contribution in [1.82, 2.24) is 25.1 Å². The molecule has 0 unspecified atom stereocenters. The van der Waals surface area contributed by atoms with E-state index in [9.17, 15) is 13.2 Å². The number of rotatable bonds is 5. The largest absolute Gasteiger partial charge is 0.342 e. The van der Waals surface area contributed by atoms with Gasteiger partial charge in [0.1, 0.15) is 11.0 Å². The minimum Gasteiger partial charge on any atom is -0.342 e. The maximum Gasteiger partial charge on any atom is 0.240 e. The molecule has 1 saturated heterocycles. The van der Waals surface area contributed by atoms with Gasteiger partial charge in [0.2, 0.25) is 5.91 Å². The summed E-state index contributed by atoms with van der Waals surface area (Å²) < 4.78 is 26.8. The van der Waals surface area contributed by atoms with E-state index < -0.39 is 15.1 Å². The van der Waals surface area contributed by atoms with Crippen LogP contribution in [0.25, 0.3) is 0 Å². The highest BCUT2D eigenvalue weighted by Gasteiger charge is 2.36. The van der Waals surface area contributed by atoms with Crippen LogP contribution in [0.15, 0.2) is 0 Å². The summed E-state index contributed by atoms with van der Waals surface area (Å²) in [5, 5.41) is 10.2. The molecule has 1 atom stereocenters. The summed E-state index contributed by atoms with van der Waals surface area (Å²) in [4.78, 5) is 14.2. The predicted octanol–water partition coefficient (Wildman–Crippen LogP) is 0.570. The predicted molar refractivity (Wildman–Crippen MR) is 83.2 cm³/mol. The highest BCUT2D eigenvalue weighted by Crippen LogP contribution is 2.34. The maximum absolute atomic E-state index is 12.6. The molecule has 1 amide bonds. The number of nitrogens with zero attached hydrogens (tertiary/aromatic N) is 5. The van der Waals surface area contributed by atoms with Gasteiger partial charge in [-0.15, -0.1) is 5.10 Å². The van der Waals surface area contributed by atoms with Gasteiger partial charge in [-0.1, -0.05) is 6.92 Å². The van der Waals surface area contributed by atoms with Crippen LogP contribution in [0.2, 0.25) is 0 Å². The summed E-state index contributed by atoms with van der Waals surface area (Å²) in [6, 6.07) is 0.213. The normalized spacial score (nSPS) is 21.4. The summed E-state index contributed by atoms with van der Waals surface area (Å²) in [6.45, 7) is 4.90. The molecule has 0 spiro atoms. The second-order valence-corrected chi connectivity index (χ2v) is 9.05. The third kappa shape index (κ3) is 3.54. The number of hydrogen-bond donors (Lipinski definition) is 0. The van der Waals surface area contributed by atoms with Crippen LogP contribution in [-0.4, -0.2) is 57.8 Å². The number of likely N-dealkylation sites (tertiary alicyclic amines) is 1. The molecule has 0 bridgehead atoms. The van der Waals surface area contributed by atoms with E-state index in [2.05, 4.69) is 22.4 Å². The Bertz CT molecular complexity index is 674. The lowest BCUT2D eigenvalue weighted by molar-refractivity contribution is -0.131. The minimum absolute atomic E-state index is 0.213. The van der Waals surface area contributed by atoms with Crippen molar-refractivity contribution in [2.75, 3.05) is 13.1 Å². The quantitative estimate of drug-likeness (QED) is 0.776. The van der Waals surface area contributed by atoms with Gasteiger partial charge in [-0.05, 0) is 49.0 Å². The molecule has 1 aromatic heterocycles. The van der Waals surface area contributed by atoms with Gasteiger partial charge >= 0.3 is 0 Å². The molecule has 0 N–H and O–H groups in total. The molecule has 2 heterocycles. The molecule has 1 aliphatic heterocycles. The molecular formula is C14H23N5O3S. The number of amides is 1. The molecule has 3 rings (SSSR count). The average Bonchev–Trinajstić information content (AvgIpc) is 3.26. The first-order valence-corrected chi connectivity index (χ1v) is 9.87. The van der Waals surface area contributed by atoms with Crippen LogP contribution in [0.5, 0.6) is 0 Å². The number of tetrazole rings is 1. The number of carbonyl (C=O) groups excluding carboxylic acids is 1. The van der Waals surface area contributed by atoms with Crippen molar-refractivity contribution in [2.24, 2.45) is 5.92 Å². The Morgan fingerprint density at radius 2 is 1.91 bits per heavy atom. The van der Waals surface area contributed by atoms with Gasteiger partial charge in [0.25, 0.3) is 0 Å². The summed E-state index contributed by atoms with van der Waals surface area (Å²) in [5.41, 5.74) is 0. The fourth-order valence-corrected chi connectivity index (χ4v) is 4.11. The molecule has 0 aromatic carbocycles. The van der Waals surface area contributed by atoms with Crippen LogP contribution in [0.3, 0.4) is 0 Å². The van der Waals surface area contributed by atoms with Gasteiger partial charge in [-0.25, -0.2) is 13.1 Å². The molecule has 2 aliphatic rings. The molecule has 23 heavy (non-hydrogen) atoms. The van der Waals surface area contributed by atoms with Crippen molar-refractivity contribution < 1.29 is 13.2 Å². The Kier molecular flexibility index (Phi) is 4.39. The van der Waals surface area contributed by atoms with Crippen LogP contribution in [0.1, 0.15) is 51.4 Å². The van der Waals surface area contributed by atoms with Gasteiger partial charge in [0.15, 0.2) is 15.7 Å². The van der Waals surface area contributed by atoms with E-state index in [1.807, 2.05) is 0 Å². The highest BCUT2D eigenvalue weighted by molar-refractivity contribution is 7.92. The topological polar surface area (TPSA) is 98.1 Å². The Hall–Kier alpha value is -1.51. The standard InChI is InChI=1S/C14H23N5O3S/c1-10-5-7-18(8-6-10)14(20)11(2)23(21,22)9-13-15-16-17-19(13)12-3-4-12/h10-12H,3-9H2,1-2H3/t11-/m1/s1. The van der Waals surface area contributed by atoms with Gasteiger partial charge in [0, 0.05) is 13.1 Å². The summed E-state index contributed by atoms with van der Waals surface area (Å²) in [6.07, 6.45) is 3.80. The fourth-order valence-electron chi connectivity index (χ4n) is 2.85. The molecule has 0 radical (unpaired) electrons. The van der Waals surface area contributed by atoms with Gasteiger partial charge < -0.3 is 4.90 Å². The zero-order chi connectivity index (χ0) is 16.6. The van der Waals surface area contributed by atoms with Crippen molar-refractivity contribution >= 4 is 15.7 Å². The van der Waals surface area contributed by atoms with Crippen LogP contribution < -0.4 is 0 Å². The molecular weight excluding hydrogens is 318 g/mol. The third-order valence-electron chi connectivity index (χ3n) is 4.77. The number of carbonyl (C=O) groups is 1. The summed E-state index contributed by atoms with van der Waals surface area (Å²) >= 11 is 0. The lowest BCUT2D eigenvalue weighted by atomic mass is 9.99. The first-order valence-electron chi connectivity index (χ1n) is 8.15. The smallest absolute Gasteiger partial charge is 0.240 e. The van der Waals surface area contributed by atoms with Crippen molar-refractivity contribution in [2.45, 2.75) is 56.6 Å². The second kappa shape index (κ2) is 6.18. The molecule has 1 aliphatic carbocycles. The number of sulfone groups is 1. The average molecular weight is 341 g/mol. The first-order chi connectivity index (χ1) is 10.9. The second-order valence-electron chi connectivity index (χ2n) is 6.73. The van der Waals surface area contributed by atoms with E-state index in [1.54, 1.807) is 9.58 Å². The molecule has 9 heteroatoms. The third-order valence-corrected chi connectivity index (χ3v) is 6.71. The van der Waals surface area contributed by atoms with Gasteiger partial charge in [-0.3, -0.25) is 4.79 Å². The highest BCUT2D eigenvalue weighted by atomic mass is 32.2. The fraction of sp³-hybridized carbons (Fsp3) is 0.857. The number of aromatic nitrogens is 4. The zero-order valence-electron chi connectivity index (χ0n) is 13.6. The van der Waals surface area contributed by atoms with Crippen LogP contribution in [0.4, 0.5) is 0 Å². The lowest BCUT2D eigenvalue weighted by Gasteiger charge is -2.32. The Labute approximate surface area is 136 Å². The minimum atomic E-state index is -3.63. The SMILES string of the molecule is CC1CCN(C(=O)[C@@H](C)S(=O)(=O)Cc2nnnn2C2CC2)CC1. The van der Waals surface area contributed by atoms with Crippen molar-refractivity contribution in [1.29, 1.82) is 0 Å². The van der Waals surface area contributed by atoms with Gasteiger partial charge in [0.05, 0.1) is 6.04 Å². The molecule has 1 saturated carbocycles. The van der Waals surface area contributed by atoms with Crippen molar-refractivity contribution in [3.05, 3.63) is 5.82 Å². The lowest BCUT2D eigenvalue weighted by Crippen LogP contribution is -2.45. The van der Waals surface area contributed by atoms with Crippen LogP contribution in [-0.2, 0) is 20.4 Å². The summed E-state index contributed by atoms with van der Waals surface area (Å²) in [7, 11) is -3.63. The van der Waals surface area contributed by atoms with Crippen LogP contribution >= 0.6 is 0 Å². The van der Waals surface area contributed by atoms with Crippen molar-refractivity contribution in [3.63, 3.8) is 0 Å². The molecule has 1 aromatic rings. The van der Waals surface area contributed by atoms with Crippen LogP contribution in [0, 0.1) is 5.92 Å².